The molecule has 1 saturated heterocycles. The summed E-state index contributed by atoms with van der Waals surface area (Å²) in [5.41, 5.74) is 0.123. The highest BCUT2D eigenvalue weighted by Gasteiger charge is 2.29. The van der Waals surface area contributed by atoms with Crippen LogP contribution in [0.3, 0.4) is 0 Å². The molecule has 2 heterocycles. The van der Waals surface area contributed by atoms with Gasteiger partial charge in [0, 0.05) is 30.4 Å². The first kappa shape index (κ1) is 18.2. The van der Waals surface area contributed by atoms with Crippen LogP contribution in [0.15, 0.2) is 30.6 Å². The van der Waals surface area contributed by atoms with Gasteiger partial charge in [-0.25, -0.2) is 9.97 Å². The maximum Gasteiger partial charge on any atom is 0.260 e. The molecule has 0 radical (unpaired) electrons. The fourth-order valence-electron chi connectivity index (χ4n) is 2.52. The summed E-state index contributed by atoms with van der Waals surface area (Å²) in [5, 5.41) is 9.86. The maximum absolute atomic E-state index is 12.3. The largest absolute Gasteiger partial charge is 0.482 e. The molecule has 0 spiro atoms. The van der Waals surface area contributed by atoms with Gasteiger partial charge in [0.2, 0.25) is 5.69 Å². The molecule has 2 aromatic rings. The molecule has 26 heavy (non-hydrogen) atoms. The molecule has 134 valence electrons. The highest BCUT2D eigenvalue weighted by molar-refractivity contribution is 6.35. The maximum atomic E-state index is 12.3. The van der Waals surface area contributed by atoms with Crippen LogP contribution in [0.4, 0.5) is 0 Å². The van der Waals surface area contributed by atoms with Crippen molar-refractivity contribution in [3.8, 4) is 17.7 Å². The van der Waals surface area contributed by atoms with E-state index in [0.29, 0.717) is 35.3 Å². The number of ether oxygens (including phenoxy) is 2. The van der Waals surface area contributed by atoms with Gasteiger partial charge in [0.15, 0.2) is 6.61 Å². The third-order valence-corrected chi connectivity index (χ3v) is 4.32. The Bertz CT molecular complexity index is 856. The zero-order valence-electron chi connectivity index (χ0n) is 13.6. The molecule has 7 nitrogen and oxygen atoms in total. The van der Waals surface area contributed by atoms with Gasteiger partial charge in [0.25, 0.3) is 11.8 Å². The van der Waals surface area contributed by atoms with E-state index in [9.17, 15) is 4.79 Å². The third-order valence-electron chi connectivity index (χ3n) is 3.79. The molecular formula is C17H14Cl2N4O3. The Labute approximate surface area is 160 Å². The van der Waals surface area contributed by atoms with Crippen molar-refractivity contribution in [3.05, 3.63) is 46.3 Å². The number of amides is 1. The lowest BCUT2D eigenvalue weighted by molar-refractivity contribution is -0.132. The van der Waals surface area contributed by atoms with Crippen molar-refractivity contribution in [1.82, 2.24) is 14.9 Å². The summed E-state index contributed by atoms with van der Waals surface area (Å²) in [6.45, 7) is 0.782. The number of likely N-dealkylation sites (tertiary alicyclic amines) is 1. The summed E-state index contributed by atoms with van der Waals surface area (Å²) in [6.07, 6.45) is 3.27. The zero-order chi connectivity index (χ0) is 18.5. The van der Waals surface area contributed by atoms with E-state index < -0.39 is 0 Å². The van der Waals surface area contributed by atoms with Crippen molar-refractivity contribution >= 4 is 29.1 Å². The second-order valence-corrected chi connectivity index (χ2v) is 6.40. The molecule has 0 bridgehead atoms. The fraction of sp³-hybridized carbons (Fsp3) is 0.294. The standard InChI is InChI=1S/C17H14Cl2N4O3/c18-11-1-2-15(13(19)7-11)25-10-16(24)23-6-3-12(9-23)26-17-14(8-20)21-4-5-22-17/h1-2,4-5,7,12H,3,6,9-10H2/t12-/m0/s1. The van der Waals surface area contributed by atoms with Crippen LogP contribution in [0.1, 0.15) is 12.1 Å². The second-order valence-electron chi connectivity index (χ2n) is 5.55. The number of carbonyl (C=O) groups excluding carboxylic acids is 1. The Morgan fingerprint density at radius 2 is 2.15 bits per heavy atom. The first-order chi connectivity index (χ1) is 12.6. The summed E-state index contributed by atoms with van der Waals surface area (Å²) in [4.78, 5) is 21.9. The number of rotatable bonds is 5. The van der Waals surface area contributed by atoms with E-state index in [1.807, 2.05) is 6.07 Å². The number of hydrogen-bond acceptors (Lipinski definition) is 6. The summed E-state index contributed by atoms with van der Waals surface area (Å²) in [6, 6.07) is 6.74. The Kier molecular flexibility index (Phi) is 5.76. The predicted molar refractivity (Wildman–Crippen MR) is 94.3 cm³/mol. The molecule has 9 heteroatoms. The molecule has 1 aliphatic rings. The van der Waals surface area contributed by atoms with Gasteiger partial charge in [0.05, 0.1) is 11.6 Å². The van der Waals surface area contributed by atoms with Crippen LogP contribution in [0.2, 0.25) is 10.0 Å². The number of halogens is 2. The van der Waals surface area contributed by atoms with Gasteiger partial charge in [-0.2, -0.15) is 5.26 Å². The lowest BCUT2D eigenvalue weighted by Crippen LogP contribution is -2.34. The minimum absolute atomic E-state index is 0.123. The summed E-state index contributed by atoms with van der Waals surface area (Å²) >= 11 is 11.8. The number of nitrogens with zero attached hydrogens (tertiary/aromatic N) is 4. The molecule has 0 N–H and O–H groups in total. The van der Waals surface area contributed by atoms with Crippen molar-refractivity contribution in [2.24, 2.45) is 0 Å². The van der Waals surface area contributed by atoms with Crippen molar-refractivity contribution in [1.29, 1.82) is 5.26 Å². The first-order valence-corrected chi connectivity index (χ1v) is 8.56. The van der Waals surface area contributed by atoms with Crippen LogP contribution in [0, 0.1) is 11.3 Å². The monoisotopic (exact) mass is 392 g/mol. The van der Waals surface area contributed by atoms with Crippen LogP contribution >= 0.6 is 23.2 Å². The first-order valence-electron chi connectivity index (χ1n) is 7.80. The molecule has 1 atom stereocenters. The number of benzene rings is 1. The van der Waals surface area contributed by atoms with E-state index >= 15 is 0 Å². The van der Waals surface area contributed by atoms with Crippen molar-refractivity contribution < 1.29 is 14.3 Å². The molecule has 1 amide bonds. The van der Waals surface area contributed by atoms with E-state index in [2.05, 4.69) is 9.97 Å². The molecule has 1 aliphatic heterocycles. The Morgan fingerprint density at radius 1 is 1.35 bits per heavy atom. The average Bonchev–Trinajstić information content (AvgIpc) is 3.10. The Hall–Kier alpha value is -2.56. The molecule has 3 rings (SSSR count). The Morgan fingerprint density at radius 3 is 2.92 bits per heavy atom. The number of hydrogen-bond donors (Lipinski definition) is 0. The number of nitriles is 1. The molecule has 0 saturated carbocycles. The number of carbonyl (C=O) groups is 1. The summed E-state index contributed by atoms with van der Waals surface area (Å²) in [5.74, 6) is 0.398. The van der Waals surface area contributed by atoms with E-state index in [0.717, 1.165) is 0 Å². The van der Waals surface area contributed by atoms with E-state index in [1.165, 1.54) is 12.4 Å². The average molecular weight is 393 g/mol. The van der Waals surface area contributed by atoms with Crippen molar-refractivity contribution in [3.63, 3.8) is 0 Å². The molecular weight excluding hydrogens is 379 g/mol. The lowest BCUT2D eigenvalue weighted by Gasteiger charge is -2.17. The van der Waals surface area contributed by atoms with Crippen LogP contribution in [0.5, 0.6) is 11.6 Å². The Balaban J connectivity index is 1.53. The van der Waals surface area contributed by atoms with Crippen LogP contribution in [0.25, 0.3) is 0 Å². The van der Waals surface area contributed by atoms with Crippen LogP contribution in [-0.4, -0.2) is 46.6 Å². The molecule has 0 unspecified atom stereocenters. The fourth-order valence-corrected chi connectivity index (χ4v) is 2.98. The molecule has 0 aliphatic carbocycles. The van der Waals surface area contributed by atoms with Gasteiger partial charge in [-0.3, -0.25) is 4.79 Å². The smallest absolute Gasteiger partial charge is 0.260 e. The van der Waals surface area contributed by atoms with Gasteiger partial charge in [-0.15, -0.1) is 0 Å². The van der Waals surface area contributed by atoms with Crippen LogP contribution in [-0.2, 0) is 4.79 Å². The van der Waals surface area contributed by atoms with Gasteiger partial charge in [0.1, 0.15) is 17.9 Å². The van der Waals surface area contributed by atoms with Gasteiger partial charge >= 0.3 is 0 Å². The summed E-state index contributed by atoms with van der Waals surface area (Å²) < 4.78 is 11.2. The zero-order valence-corrected chi connectivity index (χ0v) is 15.1. The van der Waals surface area contributed by atoms with Gasteiger partial charge in [-0.1, -0.05) is 23.2 Å². The minimum atomic E-state index is -0.248. The highest BCUT2D eigenvalue weighted by Crippen LogP contribution is 2.27. The predicted octanol–water partition coefficient (Wildman–Crippen LogP) is 2.71. The molecule has 1 aromatic heterocycles. The molecule has 1 fully saturated rings. The quantitative estimate of drug-likeness (QED) is 0.776. The van der Waals surface area contributed by atoms with Crippen molar-refractivity contribution in [2.45, 2.75) is 12.5 Å². The number of aromatic nitrogens is 2. The highest BCUT2D eigenvalue weighted by atomic mass is 35.5. The minimum Gasteiger partial charge on any atom is -0.482 e. The van der Waals surface area contributed by atoms with Crippen LogP contribution < -0.4 is 9.47 Å². The SMILES string of the molecule is N#Cc1nccnc1O[C@H]1CCN(C(=O)COc2ccc(Cl)cc2Cl)C1. The van der Waals surface area contributed by atoms with E-state index in [1.54, 1.807) is 23.1 Å². The van der Waals surface area contributed by atoms with Crippen molar-refractivity contribution in [2.75, 3.05) is 19.7 Å². The second kappa shape index (κ2) is 8.21. The van der Waals surface area contributed by atoms with E-state index in [4.69, 9.17) is 37.9 Å². The topological polar surface area (TPSA) is 88.3 Å². The third kappa shape index (κ3) is 4.34. The summed E-state index contributed by atoms with van der Waals surface area (Å²) in [7, 11) is 0. The normalized spacial score (nSPS) is 16.2. The lowest BCUT2D eigenvalue weighted by atomic mass is 10.3. The van der Waals surface area contributed by atoms with Gasteiger partial charge < -0.3 is 14.4 Å². The molecule has 1 aromatic carbocycles. The van der Waals surface area contributed by atoms with E-state index in [-0.39, 0.29) is 30.2 Å². The van der Waals surface area contributed by atoms with Gasteiger partial charge in [-0.05, 0) is 18.2 Å².